The van der Waals surface area contributed by atoms with Gasteiger partial charge in [0.05, 0.1) is 5.60 Å². The fourth-order valence-electron chi connectivity index (χ4n) is 3.33. The standard InChI is InChI=1S/C13H25NO/c1-14-12(11-7-8-11)13(15-2)9-5-3-4-6-10-13/h11-12,14H,3-10H2,1-2H3. The zero-order valence-electron chi connectivity index (χ0n) is 10.2. The van der Waals surface area contributed by atoms with Crippen molar-refractivity contribution in [1.82, 2.24) is 5.32 Å². The van der Waals surface area contributed by atoms with E-state index < -0.39 is 0 Å². The van der Waals surface area contributed by atoms with Gasteiger partial charge >= 0.3 is 0 Å². The molecule has 2 saturated carbocycles. The largest absolute Gasteiger partial charge is 0.377 e. The van der Waals surface area contributed by atoms with Crippen molar-refractivity contribution in [3.8, 4) is 0 Å². The summed E-state index contributed by atoms with van der Waals surface area (Å²) >= 11 is 0. The lowest BCUT2D eigenvalue weighted by molar-refractivity contribution is -0.0566. The van der Waals surface area contributed by atoms with Crippen LogP contribution in [0.4, 0.5) is 0 Å². The first kappa shape index (κ1) is 11.4. The van der Waals surface area contributed by atoms with Gasteiger partial charge in [-0.2, -0.15) is 0 Å². The Bertz CT molecular complexity index is 193. The van der Waals surface area contributed by atoms with E-state index in [4.69, 9.17) is 4.74 Å². The minimum atomic E-state index is 0.145. The van der Waals surface area contributed by atoms with Crippen molar-refractivity contribution in [2.45, 2.75) is 63.0 Å². The predicted molar refractivity (Wildman–Crippen MR) is 63.0 cm³/mol. The minimum Gasteiger partial charge on any atom is -0.377 e. The van der Waals surface area contributed by atoms with Gasteiger partial charge < -0.3 is 10.1 Å². The molecule has 0 aromatic carbocycles. The number of ether oxygens (including phenoxy) is 1. The monoisotopic (exact) mass is 211 g/mol. The molecule has 0 heterocycles. The molecule has 0 bridgehead atoms. The van der Waals surface area contributed by atoms with Crippen LogP contribution in [0.1, 0.15) is 51.4 Å². The number of nitrogens with one attached hydrogen (secondary N) is 1. The summed E-state index contributed by atoms with van der Waals surface area (Å²) < 4.78 is 5.95. The Morgan fingerprint density at radius 3 is 2.13 bits per heavy atom. The molecule has 1 N–H and O–H groups in total. The Labute approximate surface area is 93.8 Å². The molecule has 2 nitrogen and oxygen atoms in total. The van der Waals surface area contributed by atoms with Crippen LogP contribution in [0, 0.1) is 5.92 Å². The van der Waals surface area contributed by atoms with Gasteiger partial charge in [-0.1, -0.05) is 25.7 Å². The van der Waals surface area contributed by atoms with Crippen LogP contribution in [0.5, 0.6) is 0 Å². The lowest BCUT2D eigenvalue weighted by Gasteiger charge is -2.39. The van der Waals surface area contributed by atoms with E-state index in [9.17, 15) is 0 Å². The highest BCUT2D eigenvalue weighted by molar-refractivity contribution is 5.01. The van der Waals surface area contributed by atoms with Crippen LogP contribution in [0.25, 0.3) is 0 Å². The zero-order chi connectivity index (χ0) is 10.7. The molecule has 0 aromatic rings. The maximum Gasteiger partial charge on any atom is 0.0833 e. The summed E-state index contributed by atoms with van der Waals surface area (Å²) in [6.45, 7) is 0. The first-order chi connectivity index (χ1) is 7.32. The molecule has 0 spiro atoms. The van der Waals surface area contributed by atoms with E-state index in [1.54, 1.807) is 0 Å². The molecule has 1 atom stereocenters. The number of rotatable bonds is 4. The van der Waals surface area contributed by atoms with E-state index in [0.717, 1.165) is 5.92 Å². The van der Waals surface area contributed by atoms with Crippen molar-refractivity contribution in [2.24, 2.45) is 5.92 Å². The molecule has 2 aliphatic rings. The highest BCUT2D eigenvalue weighted by Gasteiger charge is 2.45. The number of hydrogen-bond donors (Lipinski definition) is 1. The average molecular weight is 211 g/mol. The maximum atomic E-state index is 5.95. The molecule has 2 fully saturated rings. The van der Waals surface area contributed by atoms with Gasteiger partial charge in [0.1, 0.15) is 0 Å². The summed E-state index contributed by atoms with van der Waals surface area (Å²) in [5.41, 5.74) is 0.145. The molecule has 88 valence electrons. The second kappa shape index (κ2) is 4.84. The smallest absolute Gasteiger partial charge is 0.0833 e. The third-order valence-electron chi connectivity index (χ3n) is 4.33. The third-order valence-corrected chi connectivity index (χ3v) is 4.33. The van der Waals surface area contributed by atoms with Crippen LogP contribution in [-0.2, 0) is 4.74 Å². The lowest BCUT2D eigenvalue weighted by atomic mass is 9.83. The van der Waals surface area contributed by atoms with E-state index in [2.05, 4.69) is 12.4 Å². The molecule has 1 unspecified atom stereocenters. The van der Waals surface area contributed by atoms with Gasteiger partial charge in [-0.05, 0) is 38.6 Å². The van der Waals surface area contributed by atoms with Crippen LogP contribution in [0.3, 0.4) is 0 Å². The zero-order valence-corrected chi connectivity index (χ0v) is 10.2. The normalized spacial score (nSPS) is 28.4. The fraction of sp³-hybridized carbons (Fsp3) is 1.00. The van der Waals surface area contributed by atoms with Gasteiger partial charge in [0.15, 0.2) is 0 Å². The van der Waals surface area contributed by atoms with Crippen LogP contribution in [0.15, 0.2) is 0 Å². The molecule has 0 saturated heterocycles. The Kier molecular flexibility index (Phi) is 3.68. The van der Waals surface area contributed by atoms with E-state index in [1.165, 1.54) is 51.4 Å². The number of hydrogen-bond acceptors (Lipinski definition) is 2. The van der Waals surface area contributed by atoms with Crippen molar-refractivity contribution in [2.75, 3.05) is 14.2 Å². The molecule has 0 aromatic heterocycles. The third kappa shape index (κ3) is 2.36. The molecule has 2 heteroatoms. The SMILES string of the molecule is CNC(C1CC1)C1(OC)CCCCCC1. The molecule has 0 aliphatic heterocycles. The molecule has 15 heavy (non-hydrogen) atoms. The molecule has 2 aliphatic carbocycles. The topological polar surface area (TPSA) is 21.3 Å². The van der Waals surface area contributed by atoms with Crippen molar-refractivity contribution in [3.63, 3.8) is 0 Å². The van der Waals surface area contributed by atoms with E-state index >= 15 is 0 Å². The predicted octanol–water partition coefficient (Wildman–Crippen LogP) is 2.72. The summed E-state index contributed by atoms with van der Waals surface area (Å²) in [6, 6.07) is 0.598. The van der Waals surface area contributed by atoms with Crippen LogP contribution < -0.4 is 5.32 Å². The molecule has 0 radical (unpaired) electrons. The Morgan fingerprint density at radius 1 is 1.13 bits per heavy atom. The van der Waals surface area contributed by atoms with Crippen molar-refractivity contribution in [1.29, 1.82) is 0 Å². The molecule has 0 amide bonds. The molecule has 2 rings (SSSR count). The van der Waals surface area contributed by atoms with Crippen molar-refractivity contribution in [3.05, 3.63) is 0 Å². The minimum absolute atomic E-state index is 0.145. The van der Waals surface area contributed by atoms with Gasteiger partial charge in [-0.3, -0.25) is 0 Å². The van der Waals surface area contributed by atoms with Crippen LogP contribution in [0.2, 0.25) is 0 Å². The van der Waals surface area contributed by atoms with Gasteiger partial charge in [-0.25, -0.2) is 0 Å². The van der Waals surface area contributed by atoms with Crippen molar-refractivity contribution < 1.29 is 4.74 Å². The van der Waals surface area contributed by atoms with Gasteiger partial charge in [0.2, 0.25) is 0 Å². The highest BCUT2D eigenvalue weighted by atomic mass is 16.5. The number of likely N-dealkylation sites (N-methyl/N-ethyl adjacent to an activating group) is 1. The van der Waals surface area contributed by atoms with Crippen LogP contribution >= 0.6 is 0 Å². The Balaban J connectivity index is 2.08. The second-order valence-electron chi connectivity index (χ2n) is 5.29. The summed E-state index contributed by atoms with van der Waals surface area (Å²) in [6.07, 6.45) is 10.8. The Hall–Kier alpha value is -0.0800. The fourth-order valence-corrected chi connectivity index (χ4v) is 3.33. The highest BCUT2D eigenvalue weighted by Crippen LogP contribution is 2.43. The summed E-state index contributed by atoms with van der Waals surface area (Å²) in [7, 11) is 4.02. The van der Waals surface area contributed by atoms with E-state index in [0.29, 0.717) is 6.04 Å². The first-order valence-electron chi connectivity index (χ1n) is 6.55. The van der Waals surface area contributed by atoms with E-state index in [1.807, 2.05) is 7.11 Å². The Morgan fingerprint density at radius 2 is 1.73 bits per heavy atom. The summed E-state index contributed by atoms with van der Waals surface area (Å²) in [4.78, 5) is 0. The molecular formula is C13H25NO. The summed E-state index contributed by atoms with van der Waals surface area (Å²) in [5, 5.41) is 3.53. The lowest BCUT2D eigenvalue weighted by Crippen LogP contribution is -2.52. The molecular weight excluding hydrogens is 186 g/mol. The van der Waals surface area contributed by atoms with Crippen molar-refractivity contribution >= 4 is 0 Å². The first-order valence-corrected chi connectivity index (χ1v) is 6.55. The summed E-state index contributed by atoms with van der Waals surface area (Å²) in [5.74, 6) is 0.882. The second-order valence-corrected chi connectivity index (χ2v) is 5.29. The van der Waals surface area contributed by atoms with E-state index in [-0.39, 0.29) is 5.60 Å². The van der Waals surface area contributed by atoms with Gasteiger partial charge in [0.25, 0.3) is 0 Å². The van der Waals surface area contributed by atoms with Crippen LogP contribution in [-0.4, -0.2) is 25.8 Å². The van der Waals surface area contributed by atoms with Gasteiger partial charge in [-0.15, -0.1) is 0 Å². The average Bonchev–Trinajstić information content (AvgIpc) is 3.06. The van der Waals surface area contributed by atoms with Gasteiger partial charge in [0, 0.05) is 13.2 Å². The maximum absolute atomic E-state index is 5.95. The quantitative estimate of drug-likeness (QED) is 0.722. The number of methoxy groups -OCH3 is 1.